The number of sulfone groups is 1. The van der Waals surface area contributed by atoms with Crippen molar-refractivity contribution in [3.05, 3.63) is 65.5 Å². The summed E-state index contributed by atoms with van der Waals surface area (Å²) < 4.78 is 38.8. The lowest BCUT2D eigenvalue weighted by molar-refractivity contribution is -0.139. The summed E-state index contributed by atoms with van der Waals surface area (Å²) in [6.45, 7) is 1.82. The van der Waals surface area contributed by atoms with Crippen molar-refractivity contribution in [2.24, 2.45) is 5.73 Å². The molecule has 0 unspecified atom stereocenters. The van der Waals surface area contributed by atoms with E-state index in [2.05, 4.69) is 0 Å². The van der Waals surface area contributed by atoms with Gasteiger partial charge in [-0.1, -0.05) is 29.8 Å². The fourth-order valence-corrected chi connectivity index (χ4v) is 5.29. The number of hydrogen-bond donors (Lipinski definition) is 2. The number of aryl methyl sites for hydroxylation is 1. The second-order valence-electron chi connectivity index (χ2n) is 6.05. The lowest BCUT2D eigenvalue weighted by atomic mass is 10.1. The summed E-state index contributed by atoms with van der Waals surface area (Å²) in [5.41, 5.74) is 5.28. The first-order valence-corrected chi connectivity index (χ1v) is 8.82. The van der Waals surface area contributed by atoms with Crippen LogP contribution in [-0.4, -0.2) is 30.3 Å². The Morgan fingerprint density at radius 3 is 2.17 bits per heavy atom. The van der Waals surface area contributed by atoms with Gasteiger partial charge in [-0.15, -0.1) is 0 Å². The van der Waals surface area contributed by atoms with Gasteiger partial charge < -0.3 is 10.8 Å². The number of benzene rings is 2. The Hall–Kier alpha value is -2.25. The topological polar surface area (TPSA) is 97.5 Å². The fourth-order valence-electron chi connectivity index (χ4n) is 3.06. The van der Waals surface area contributed by atoms with Crippen molar-refractivity contribution in [1.82, 2.24) is 0 Å². The first-order chi connectivity index (χ1) is 11.2. The molecule has 0 amide bonds. The molecule has 0 aromatic heterocycles. The van der Waals surface area contributed by atoms with E-state index in [9.17, 15) is 22.7 Å². The highest BCUT2D eigenvalue weighted by atomic mass is 32.2. The third-order valence-electron chi connectivity index (χ3n) is 4.46. The van der Waals surface area contributed by atoms with Crippen LogP contribution in [0.5, 0.6) is 0 Å². The molecule has 0 saturated heterocycles. The van der Waals surface area contributed by atoms with Gasteiger partial charge in [-0.25, -0.2) is 12.8 Å². The Morgan fingerprint density at radius 2 is 1.67 bits per heavy atom. The van der Waals surface area contributed by atoms with Crippen LogP contribution in [-0.2, 0) is 14.6 Å². The number of carboxylic acid groups (broad SMARTS) is 1. The number of hydrogen-bond acceptors (Lipinski definition) is 4. The summed E-state index contributed by atoms with van der Waals surface area (Å²) in [5.74, 6) is -2.81. The third-order valence-corrected chi connectivity index (χ3v) is 6.72. The van der Waals surface area contributed by atoms with Gasteiger partial charge in [-0.2, -0.15) is 0 Å². The molecule has 2 aromatic carbocycles. The Bertz CT molecular complexity index is 893. The minimum absolute atomic E-state index is 0.0267. The molecular weight excluding hydrogens is 333 g/mol. The highest BCUT2D eigenvalue weighted by Crippen LogP contribution is 2.55. The van der Waals surface area contributed by atoms with Gasteiger partial charge in [0.05, 0.1) is 4.90 Å². The Morgan fingerprint density at radius 1 is 1.12 bits per heavy atom. The predicted octanol–water partition coefficient (Wildman–Crippen LogP) is 1.86. The number of aliphatic carboxylic acids is 1. The summed E-state index contributed by atoms with van der Waals surface area (Å²) in [6, 6.07) is 11.2. The van der Waals surface area contributed by atoms with Crippen LogP contribution in [0.3, 0.4) is 0 Å². The molecule has 1 fully saturated rings. The van der Waals surface area contributed by atoms with E-state index in [1.807, 2.05) is 6.92 Å². The molecule has 1 saturated carbocycles. The Kier molecular flexibility index (Phi) is 3.73. The van der Waals surface area contributed by atoms with E-state index in [1.54, 1.807) is 12.1 Å². The third kappa shape index (κ3) is 2.40. The van der Waals surface area contributed by atoms with Crippen LogP contribution in [0, 0.1) is 12.7 Å². The molecular formula is C17H16FNO4S. The summed E-state index contributed by atoms with van der Waals surface area (Å²) >= 11 is 0. The summed E-state index contributed by atoms with van der Waals surface area (Å²) in [4.78, 5) is 11.6. The monoisotopic (exact) mass is 349 g/mol. The molecule has 0 radical (unpaired) electrons. The zero-order chi connectivity index (χ0) is 17.7. The fraction of sp³-hybridized carbons (Fsp3) is 0.235. The summed E-state index contributed by atoms with van der Waals surface area (Å²) in [6.07, 6.45) is 0. The van der Waals surface area contributed by atoms with Crippen molar-refractivity contribution in [1.29, 1.82) is 0 Å². The van der Waals surface area contributed by atoms with E-state index in [1.165, 1.54) is 24.3 Å². The van der Waals surface area contributed by atoms with Crippen molar-refractivity contribution in [2.45, 2.75) is 28.5 Å². The summed E-state index contributed by atoms with van der Waals surface area (Å²) in [5, 5.41) is 8.16. The van der Waals surface area contributed by atoms with Gasteiger partial charge >= 0.3 is 5.97 Å². The van der Waals surface area contributed by atoms with E-state index < -0.39 is 38.3 Å². The van der Waals surface area contributed by atoms with Crippen molar-refractivity contribution < 1.29 is 22.7 Å². The van der Waals surface area contributed by atoms with Crippen molar-refractivity contribution in [3.63, 3.8) is 0 Å². The minimum atomic E-state index is -3.94. The van der Waals surface area contributed by atoms with Gasteiger partial charge in [0.15, 0.2) is 9.84 Å². The number of nitrogens with two attached hydrogens (primary N) is 1. The van der Waals surface area contributed by atoms with Gasteiger partial charge in [0.2, 0.25) is 0 Å². The number of carboxylic acids is 1. The Labute approximate surface area is 138 Å². The van der Waals surface area contributed by atoms with Crippen LogP contribution in [0.1, 0.15) is 17.0 Å². The number of carbonyl (C=O) groups is 1. The van der Waals surface area contributed by atoms with Gasteiger partial charge in [0.1, 0.15) is 16.6 Å². The van der Waals surface area contributed by atoms with Gasteiger partial charge in [0, 0.05) is 5.92 Å². The summed E-state index contributed by atoms with van der Waals surface area (Å²) in [7, 11) is -3.94. The van der Waals surface area contributed by atoms with Crippen molar-refractivity contribution in [3.8, 4) is 0 Å². The van der Waals surface area contributed by atoms with Gasteiger partial charge in [-0.05, 0) is 36.8 Å². The van der Waals surface area contributed by atoms with E-state index in [4.69, 9.17) is 5.73 Å². The smallest absolute Gasteiger partial charge is 0.325 e. The van der Waals surface area contributed by atoms with E-state index in [-0.39, 0.29) is 4.90 Å². The molecule has 24 heavy (non-hydrogen) atoms. The van der Waals surface area contributed by atoms with E-state index in [0.717, 1.165) is 17.7 Å². The van der Waals surface area contributed by atoms with Gasteiger partial charge in [-0.3, -0.25) is 4.79 Å². The molecule has 0 heterocycles. The average molecular weight is 349 g/mol. The zero-order valence-electron chi connectivity index (χ0n) is 12.8. The number of halogens is 1. The molecule has 1 aliphatic rings. The zero-order valence-corrected chi connectivity index (χ0v) is 13.6. The lowest BCUT2D eigenvalue weighted by Gasteiger charge is -2.07. The largest absolute Gasteiger partial charge is 0.480 e. The predicted molar refractivity (Wildman–Crippen MR) is 85.8 cm³/mol. The van der Waals surface area contributed by atoms with Crippen LogP contribution in [0.15, 0.2) is 53.4 Å². The first-order valence-electron chi connectivity index (χ1n) is 7.27. The van der Waals surface area contributed by atoms with Crippen LogP contribution in [0.2, 0.25) is 0 Å². The standard InChI is InChI=1S/C17H16FNO4S/c1-10-2-8-13(9-3-10)24(22,23)15-14(17(15,19)16(20)21)11-4-6-12(18)7-5-11/h2-9,14-15H,19H2,1H3,(H,20,21)/t14-,15+,17+/m1/s1. The molecule has 7 heteroatoms. The normalized spacial score (nSPS) is 26.1. The average Bonchev–Trinajstić information content (AvgIpc) is 3.17. The second-order valence-corrected chi connectivity index (χ2v) is 8.12. The maximum atomic E-state index is 13.1. The first kappa shape index (κ1) is 16.6. The van der Waals surface area contributed by atoms with Crippen LogP contribution < -0.4 is 5.73 Å². The lowest BCUT2D eigenvalue weighted by Crippen LogP contribution is -2.39. The quantitative estimate of drug-likeness (QED) is 0.878. The molecule has 3 atom stereocenters. The SMILES string of the molecule is Cc1ccc(S(=O)(=O)[C@H]2[C@@H](c3ccc(F)cc3)[C@@]2(N)C(=O)O)cc1. The molecule has 0 aliphatic heterocycles. The molecule has 0 spiro atoms. The molecule has 126 valence electrons. The van der Waals surface area contributed by atoms with E-state index >= 15 is 0 Å². The Balaban J connectivity index is 2.06. The van der Waals surface area contributed by atoms with E-state index in [0.29, 0.717) is 5.56 Å². The van der Waals surface area contributed by atoms with Crippen LogP contribution in [0.25, 0.3) is 0 Å². The van der Waals surface area contributed by atoms with Crippen LogP contribution in [0.4, 0.5) is 4.39 Å². The molecule has 3 rings (SSSR count). The molecule has 3 N–H and O–H groups in total. The molecule has 1 aliphatic carbocycles. The van der Waals surface area contributed by atoms with Crippen molar-refractivity contribution in [2.75, 3.05) is 0 Å². The van der Waals surface area contributed by atoms with Crippen molar-refractivity contribution >= 4 is 15.8 Å². The maximum absolute atomic E-state index is 13.1. The second kappa shape index (κ2) is 5.39. The number of rotatable bonds is 4. The highest BCUT2D eigenvalue weighted by Gasteiger charge is 2.74. The molecule has 5 nitrogen and oxygen atoms in total. The highest BCUT2D eigenvalue weighted by molar-refractivity contribution is 7.92. The maximum Gasteiger partial charge on any atom is 0.325 e. The molecule has 2 aromatic rings. The van der Waals surface area contributed by atoms with Crippen LogP contribution >= 0.6 is 0 Å². The van der Waals surface area contributed by atoms with Gasteiger partial charge in [0.25, 0.3) is 0 Å². The minimum Gasteiger partial charge on any atom is -0.480 e. The molecule has 0 bridgehead atoms.